The predicted molar refractivity (Wildman–Crippen MR) is 105 cm³/mol. The quantitative estimate of drug-likeness (QED) is 0.671. The molecule has 0 aliphatic rings. The molecule has 1 heterocycles. The van der Waals surface area contributed by atoms with Crippen LogP contribution in [0.3, 0.4) is 0 Å². The van der Waals surface area contributed by atoms with E-state index in [1.807, 2.05) is 36.4 Å². The van der Waals surface area contributed by atoms with Gasteiger partial charge in [-0.1, -0.05) is 25.1 Å². The largest absolute Gasteiger partial charge is 0.399 e. The van der Waals surface area contributed by atoms with Gasteiger partial charge in [0.05, 0.1) is 17.5 Å². The molecule has 0 unspecified atom stereocenters. The highest BCUT2D eigenvalue weighted by Crippen LogP contribution is 2.35. The second-order valence-electron chi connectivity index (χ2n) is 6.44. The smallest absolute Gasteiger partial charge is 0.229 e. The van der Waals surface area contributed by atoms with E-state index in [-0.39, 0.29) is 0 Å². The van der Waals surface area contributed by atoms with Gasteiger partial charge >= 0.3 is 0 Å². The van der Waals surface area contributed by atoms with Crippen LogP contribution in [0.4, 0.5) is 11.4 Å². The van der Waals surface area contributed by atoms with Crippen molar-refractivity contribution in [3.05, 3.63) is 48.7 Å². The Hall–Kier alpha value is -2.47. The van der Waals surface area contributed by atoms with E-state index in [1.54, 1.807) is 6.07 Å². The highest BCUT2D eigenvalue weighted by atomic mass is 32.2. The van der Waals surface area contributed by atoms with Gasteiger partial charge in [0, 0.05) is 28.9 Å². The first-order chi connectivity index (χ1) is 11.8. The molecule has 0 spiro atoms. The number of nitrogens with zero attached hydrogens (tertiary/aromatic N) is 1. The van der Waals surface area contributed by atoms with Gasteiger partial charge in [0.2, 0.25) is 10.0 Å². The van der Waals surface area contributed by atoms with Gasteiger partial charge in [-0.15, -0.1) is 0 Å². The van der Waals surface area contributed by atoms with Crippen molar-refractivity contribution in [2.75, 3.05) is 16.7 Å². The number of nitrogens with one attached hydrogen (secondary N) is 1. The first-order valence-corrected chi connectivity index (χ1v) is 10.2. The molecule has 3 aromatic rings. The van der Waals surface area contributed by atoms with Gasteiger partial charge in [-0.2, -0.15) is 0 Å². The summed E-state index contributed by atoms with van der Waals surface area (Å²) in [5, 5.41) is 1.09. The molecule has 0 bridgehead atoms. The Kier molecular flexibility index (Phi) is 4.47. The number of hydrogen-bond acceptors (Lipinski definition) is 3. The number of hydrogen-bond donors (Lipinski definition) is 2. The van der Waals surface area contributed by atoms with Crippen molar-refractivity contribution in [3.8, 4) is 11.1 Å². The van der Waals surface area contributed by atoms with E-state index in [0.717, 1.165) is 40.4 Å². The molecule has 1 atom stereocenters. The summed E-state index contributed by atoms with van der Waals surface area (Å²) in [4.78, 5) is 0. The van der Waals surface area contributed by atoms with E-state index < -0.39 is 10.0 Å². The van der Waals surface area contributed by atoms with Crippen LogP contribution in [0.25, 0.3) is 22.0 Å². The molecular formula is C19H23N3O2S. The summed E-state index contributed by atoms with van der Waals surface area (Å²) >= 11 is 0. The second kappa shape index (κ2) is 6.44. The first-order valence-electron chi connectivity index (χ1n) is 8.27. The Bertz CT molecular complexity index is 1010. The Morgan fingerprint density at radius 2 is 1.84 bits per heavy atom. The molecule has 0 saturated heterocycles. The number of sulfonamides is 1. The number of fused-ring (bicyclic) bond motifs is 1. The highest BCUT2D eigenvalue weighted by Gasteiger charge is 2.15. The molecule has 0 aliphatic carbocycles. The Morgan fingerprint density at radius 3 is 2.44 bits per heavy atom. The van der Waals surface area contributed by atoms with E-state index in [2.05, 4.69) is 29.3 Å². The minimum atomic E-state index is -3.31. The van der Waals surface area contributed by atoms with Gasteiger partial charge in [-0.3, -0.25) is 4.72 Å². The minimum Gasteiger partial charge on any atom is -0.399 e. The van der Waals surface area contributed by atoms with Gasteiger partial charge in [-0.05, 0) is 43.2 Å². The first kappa shape index (κ1) is 17.4. The van der Waals surface area contributed by atoms with Gasteiger partial charge < -0.3 is 10.3 Å². The fraction of sp³-hybridized carbons (Fsp3) is 0.263. The molecule has 0 saturated carbocycles. The monoisotopic (exact) mass is 357 g/mol. The lowest BCUT2D eigenvalue weighted by molar-refractivity contribution is 0.548. The summed E-state index contributed by atoms with van der Waals surface area (Å²) in [6.45, 7) is 4.29. The number of nitrogen functional groups attached to an aromatic ring is 1. The minimum absolute atomic E-state index is 0.304. The fourth-order valence-corrected chi connectivity index (χ4v) is 3.54. The summed E-state index contributed by atoms with van der Waals surface area (Å²) in [6, 6.07) is 13.8. The van der Waals surface area contributed by atoms with Crippen molar-refractivity contribution >= 4 is 32.3 Å². The Balaban J connectivity index is 2.20. The topological polar surface area (TPSA) is 77.1 Å². The lowest BCUT2D eigenvalue weighted by atomic mass is 10.0. The van der Waals surface area contributed by atoms with Crippen LogP contribution in [0.15, 0.2) is 48.7 Å². The lowest BCUT2D eigenvalue weighted by Crippen LogP contribution is -2.09. The van der Waals surface area contributed by atoms with Gasteiger partial charge in [-0.25, -0.2) is 8.42 Å². The van der Waals surface area contributed by atoms with Crippen LogP contribution in [0.2, 0.25) is 0 Å². The third-order valence-corrected chi connectivity index (χ3v) is 5.03. The third kappa shape index (κ3) is 3.64. The molecule has 25 heavy (non-hydrogen) atoms. The summed E-state index contributed by atoms with van der Waals surface area (Å²) in [5.74, 6) is 0. The molecule has 3 rings (SSSR count). The van der Waals surface area contributed by atoms with Crippen LogP contribution in [0.1, 0.15) is 26.3 Å². The number of rotatable bonds is 5. The molecule has 2 aromatic carbocycles. The van der Waals surface area contributed by atoms with Crippen LogP contribution >= 0.6 is 0 Å². The summed E-state index contributed by atoms with van der Waals surface area (Å²) in [7, 11) is -3.31. The number of benzene rings is 2. The summed E-state index contributed by atoms with van der Waals surface area (Å²) in [6.07, 6.45) is 4.27. The van der Waals surface area contributed by atoms with Gasteiger partial charge in [0.1, 0.15) is 0 Å². The fourth-order valence-electron chi connectivity index (χ4n) is 2.98. The molecule has 0 radical (unpaired) electrons. The zero-order chi connectivity index (χ0) is 18.2. The zero-order valence-corrected chi connectivity index (χ0v) is 15.5. The van der Waals surface area contributed by atoms with Crippen molar-refractivity contribution in [3.63, 3.8) is 0 Å². The summed E-state index contributed by atoms with van der Waals surface area (Å²) < 4.78 is 27.8. The van der Waals surface area contributed by atoms with E-state index in [9.17, 15) is 8.42 Å². The maximum absolute atomic E-state index is 11.5. The second-order valence-corrected chi connectivity index (χ2v) is 8.18. The van der Waals surface area contributed by atoms with Crippen molar-refractivity contribution in [2.24, 2.45) is 0 Å². The zero-order valence-electron chi connectivity index (χ0n) is 14.7. The molecule has 0 aliphatic heterocycles. The molecular weight excluding hydrogens is 334 g/mol. The lowest BCUT2D eigenvalue weighted by Gasteiger charge is -2.13. The van der Waals surface area contributed by atoms with Gasteiger partial charge in [0.25, 0.3) is 0 Å². The van der Waals surface area contributed by atoms with Crippen molar-refractivity contribution in [1.29, 1.82) is 0 Å². The van der Waals surface area contributed by atoms with E-state index in [1.165, 1.54) is 0 Å². The third-order valence-electron chi connectivity index (χ3n) is 4.42. The van der Waals surface area contributed by atoms with Crippen molar-refractivity contribution in [2.45, 2.75) is 26.3 Å². The van der Waals surface area contributed by atoms with Crippen LogP contribution in [-0.2, 0) is 10.0 Å². The maximum atomic E-state index is 11.5. The number of nitrogens with two attached hydrogens (primary N) is 1. The Morgan fingerprint density at radius 1 is 1.16 bits per heavy atom. The molecule has 0 fully saturated rings. The van der Waals surface area contributed by atoms with E-state index >= 15 is 0 Å². The summed E-state index contributed by atoms with van der Waals surface area (Å²) in [5.41, 5.74) is 10.3. The number of anilines is 2. The van der Waals surface area contributed by atoms with Crippen LogP contribution in [0, 0.1) is 0 Å². The van der Waals surface area contributed by atoms with Gasteiger partial charge in [0.15, 0.2) is 0 Å². The molecule has 132 valence electrons. The molecule has 1 aromatic heterocycles. The van der Waals surface area contributed by atoms with Crippen molar-refractivity contribution < 1.29 is 8.42 Å². The average Bonchev–Trinajstić information content (AvgIpc) is 2.92. The van der Waals surface area contributed by atoms with Crippen LogP contribution in [-0.4, -0.2) is 19.2 Å². The van der Waals surface area contributed by atoms with E-state index in [0.29, 0.717) is 11.7 Å². The maximum Gasteiger partial charge on any atom is 0.229 e. The van der Waals surface area contributed by atoms with Crippen LogP contribution in [0.5, 0.6) is 0 Å². The molecule has 3 N–H and O–H groups in total. The van der Waals surface area contributed by atoms with Crippen molar-refractivity contribution in [1.82, 2.24) is 4.57 Å². The molecule has 0 amide bonds. The average molecular weight is 357 g/mol. The van der Waals surface area contributed by atoms with E-state index in [4.69, 9.17) is 5.73 Å². The molecule has 5 nitrogen and oxygen atoms in total. The Labute approximate surface area is 148 Å². The highest BCUT2D eigenvalue weighted by molar-refractivity contribution is 7.92. The predicted octanol–water partition coefficient (Wildman–Crippen LogP) is 4.23. The SMILES string of the molecule is CC[C@@H](C)n1cc(-c2ccc(N)cc2)c2ccc(NS(C)(=O)=O)cc21. The molecule has 6 heteroatoms. The standard InChI is InChI=1S/C19H23N3O2S/c1-4-13(2)22-12-18(14-5-7-15(20)8-6-14)17-10-9-16(11-19(17)22)21-25(3,23)24/h5-13,21H,4,20H2,1-3H3/t13-/m1/s1. The normalized spacial score (nSPS) is 13.1. The van der Waals surface area contributed by atoms with Crippen LogP contribution < -0.4 is 10.5 Å². The number of aromatic nitrogens is 1.